The molecule has 3 aliphatic rings. The van der Waals surface area contributed by atoms with E-state index in [9.17, 15) is 0 Å². The van der Waals surface area contributed by atoms with Crippen molar-refractivity contribution < 1.29 is 0 Å². The molecular formula is C64H41N5. The molecule has 2 atom stereocenters. The summed E-state index contributed by atoms with van der Waals surface area (Å²) in [7, 11) is 0. The molecule has 0 spiro atoms. The van der Waals surface area contributed by atoms with Gasteiger partial charge < -0.3 is 4.57 Å². The molecule has 5 heteroatoms. The van der Waals surface area contributed by atoms with E-state index in [2.05, 4.69) is 210 Å². The van der Waals surface area contributed by atoms with E-state index in [0.29, 0.717) is 17.5 Å². The van der Waals surface area contributed by atoms with Crippen molar-refractivity contribution in [2.45, 2.75) is 11.8 Å². The fourth-order valence-corrected chi connectivity index (χ4v) is 11.1. The van der Waals surface area contributed by atoms with Crippen molar-refractivity contribution in [3.05, 3.63) is 270 Å². The molecule has 12 aromatic rings. The molecule has 5 nitrogen and oxygen atoms in total. The van der Waals surface area contributed by atoms with Crippen molar-refractivity contribution >= 4 is 21.8 Å². The van der Waals surface area contributed by atoms with Crippen molar-refractivity contribution in [1.29, 1.82) is 0 Å². The molecule has 0 N–H and O–H groups in total. The fourth-order valence-electron chi connectivity index (χ4n) is 11.1. The summed E-state index contributed by atoms with van der Waals surface area (Å²) >= 11 is 0. The predicted molar refractivity (Wildman–Crippen MR) is 279 cm³/mol. The Morgan fingerprint density at radius 2 is 0.739 bits per heavy atom. The number of benzene rings is 9. The molecule has 2 bridgehead atoms. The summed E-state index contributed by atoms with van der Waals surface area (Å²) in [5, 5.41) is 2.33. The van der Waals surface area contributed by atoms with E-state index in [4.69, 9.17) is 15.0 Å². The molecule has 0 saturated heterocycles. The van der Waals surface area contributed by atoms with Crippen LogP contribution in [0.2, 0.25) is 0 Å². The average molecular weight is 880 g/mol. The summed E-state index contributed by atoms with van der Waals surface area (Å²) < 4.78 is 2.33. The SMILES string of the molecule is c1ccc(-c2nc(-c3ccc(-c4ccc5c(c4)C4c6ccccc6C5c5cc(-c6ccc(-c7cccnc7)cc6)ccc54)cc3)nc(-c3ccc4c(c3)c3ccccc3n4-c3ccccc3)n2)cc1. The van der Waals surface area contributed by atoms with Crippen LogP contribution in [0.4, 0.5) is 0 Å². The van der Waals surface area contributed by atoms with Crippen LogP contribution in [0.3, 0.4) is 0 Å². The van der Waals surface area contributed by atoms with Crippen LogP contribution < -0.4 is 0 Å². The van der Waals surface area contributed by atoms with Gasteiger partial charge in [0.2, 0.25) is 0 Å². The molecule has 0 saturated carbocycles. The molecule has 0 amide bonds. The Hall–Kier alpha value is -9.06. The molecule has 3 aliphatic carbocycles. The van der Waals surface area contributed by atoms with Gasteiger partial charge in [0.25, 0.3) is 0 Å². The van der Waals surface area contributed by atoms with E-state index in [1.165, 1.54) is 61.0 Å². The Balaban J connectivity index is 0.815. The van der Waals surface area contributed by atoms with Gasteiger partial charge in [0, 0.05) is 57.4 Å². The van der Waals surface area contributed by atoms with Crippen LogP contribution in [-0.4, -0.2) is 24.5 Å². The third-order valence-electron chi connectivity index (χ3n) is 14.3. The molecule has 15 rings (SSSR count). The maximum Gasteiger partial charge on any atom is 0.164 e. The van der Waals surface area contributed by atoms with Crippen LogP contribution in [-0.2, 0) is 0 Å². The van der Waals surface area contributed by atoms with Crippen LogP contribution >= 0.6 is 0 Å². The molecule has 3 aromatic heterocycles. The summed E-state index contributed by atoms with van der Waals surface area (Å²) in [6.45, 7) is 0. The van der Waals surface area contributed by atoms with E-state index in [1.54, 1.807) is 0 Å². The number of fused-ring (bicyclic) bond motifs is 3. The van der Waals surface area contributed by atoms with Crippen molar-refractivity contribution in [2.24, 2.45) is 0 Å². The number of pyridine rings is 1. The van der Waals surface area contributed by atoms with Gasteiger partial charge in [-0.05, 0) is 121 Å². The standard InChI is InChI=1S/C64H41N5/c1-3-12-43(13-4-1)62-66-63(68-64(67-62)47-31-34-59-55(38-47)50-17-9-10-20-58(50)69(59)49-15-5-2-6-16-49)44-27-25-41(26-28-44)46-30-33-54-57(37-46)61-52-19-8-7-18-51(52)60(54)56-36-45(29-32-53(56)61)40-21-23-42(24-22-40)48-14-11-35-65-39-48/h1-39,60-61H. The predicted octanol–water partition coefficient (Wildman–Crippen LogP) is 15.4. The first-order valence-corrected chi connectivity index (χ1v) is 23.6. The van der Waals surface area contributed by atoms with Crippen molar-refractivity contribution in [3.63, 3.8) is 0 Å². The zero-order valence-corrected chi connectivity index (χ0v) is 37.4. The topological polar surface area (TPSA) is 56.5 Å². The first kappa shape index (κ1) is 39.1. The van der Waals surface area contributed by atoms with Gasteiger partial charge in [-0.1, -0.05) is 170 Å². The van der Waals surface area contributed by atoms with E-state index >= 15 is 0 Å². The summed E-state index contributed by atoms with van der Waals surface area (Å²) in [4.78, 5) is 19.7. The Kier molecular flexibility index (Phi) is 8.96. The second kappa shape index (κ2) is 15.8. The highest BCUT2D eigenvalue weighted by atomic mass is 15.0. The van der Waals surface area contributed by atoms with Gasteiger partial charge in [-0.3, -0.25) is 4.98 Å². The van der Waals surface area contributed by atoms with Crippen molar-refractivity contribution in [2.75, 3.05) is 0 Å². The maximum atomic E-state index is 5.19. The van der Waals surface area contributed by atoms with Crippen molar-refractivity contribution in [1.82, 2.24) is 24.5 Å². The molecule has 0 aliphatic heterocycles. The lowest BCUT2D eigenvalue weighted by Gasteiger charge is -2.42. The highest BCUT2D eigenvalue weighted by Crippen LogP contribution is 2.56. The molecule has 69 heavy (non-hydrogen) atoms. The molecule has 2 unspecified atom stereocenters. The van der Waals surface area contributed by atoms with Gasteiger partial charge in [-0.15, -0.1) is 0 Å². The monoisotopic (exact) mass is 879 g/mol. The average Bonchev–Trinajstić information content (AvgIpc) is 3.77. The smallest absolute Gasteiger partial charge is 0.164 e. The third kappa shape index (κ3) is 6.46. The first-order chi connectivity index (χ1) is 34.2. The Morgan fingerprint density at radius 3 is 1.35 bits per heavy atom. The lowest BCUT2D eigenvalue weighted by Crippen LogP contribution is -2.27. The van der Waals surface area contributed by atoms with Crippen LogP contribution in [0, 0.1) is 0 Å². The number of hydrogen-bond acceptors (Lipinski definition) is 4. The minimum absolute atomic E-state index is 0.159. The number of aromatic nitrogens is 5. The molecule has 0 radical (unpaired) electrons. The second-order valence-electron chi connectivity index (χ2n) is 18.2. The van der Waals surface area contributed by atoms with E-state index in [-0.39, 0.29) is 11.8 Å². The van der Waals surface area contributed by atoms with Crippen LogP contribution in [0.1, 0.15) is 45.2 Å². The van der Waals surface area contributed by atoms with Gasteiger partial charge in [-0.2, -0.15) is 0 Å². The summed E-state index contributed by atoms with van der Waals surface area (Å²) in [6, 6.07) is 80.9. The Labute approximate surface area is 399 Å². The Bertz CT molecular complexity index is 3940. The largest absolute Gasteiger partial charge is 0.309 e. The van der Waals surface area contributed by atoms with E-state index < -0.39 is 0 Å². The maximum absolute atomic E-state index is 5.19. The van der Waals surface area contributed by atoms with E-state index in [1.807, 2.05) is 36.7 Å². The lowest BCUT2D eigenvalue weighted by molar-refractivity contribution is 0.755. The van der Waals surface area contributed by atoms with Gasteiger partial charge in [0.15, 0.2) is 17.5 Å². The second-order valence-corrected chi connectivity index (χ2v) is 18.2. The first-order valence-electron chi connectivity index (χ1n) is 23.6. The van der Waals surface area contributed by atoms with Gasteiger partial charge in [-0.25, -0.2) is 15.0 Å². The van der Waals surface area contributed by atoms with Crippen LogP contribution in [0.15, 0.2) is 237 Å². The molecular weight excluding hydrogens is 839 g/mol. The number of rotatable bonds is 7. The molecule has 9 aromatic carbocycles. The number of hydrogen-bond donors (Lipinski definition) is 0. The van der Waals surface area contributed by atoms with Gasteiger partial charge in [0.05, 0.1) is 11.0 Å². The quantitative estimate of drug-likeness (QED) is 0.160. The molecule has 3 heterocycles. The zero-order valence-electron chi connectivity index (χ0n) is 37.4. The van der Waals surface area contributed by atoms with E-state index in [0.717, 1.165) is 49.9 Å². The van der Waals surface area contributed by atoms with Gasteiger partial charge >= 0.3 is 0 Å². The van der Waals surface area contributed by atoms with Crippen LogP contribution in [0.25, 0.3) is 95.0 Å². The van der Waals surface area contributed by atoms with Crippen molar-refractivity contribution in [3.8, 4) is 73.2 Å². The normalized spacial score (nSPS) is 14.4. The number of nitrogens with zero attached hydrogens (tertiary/aromatic N) is 5. The minimum Gasteiger partial charge on any atom is -0.309 e. The summed E-state index contributed by atoms with van der Waals surface area (Å²) in [5.41, 5.74) is 21.7. The Morgan fingerprint density at radius 1 is 0.290 bits per heavy atom. The number of para-hydroxylation sites is 2. The van der Waals surface area contributed by atoms with Crippen LogP contribution in [0.5, 0.6) is 0 Å². The lowest BCUT2D eigenvalue weighted by atomic mass is 9.60. The zero-order chi connectivity index (χ0) is 45.4. The third-order valence-corrected chi connectivity index (χ3v) is 14.3. The molecule has 322 valence electrons. The fraction of sp³-hybridized carbons (Fsp3) is 0.0312. The molecule has 0 fully saturated rings. The highest BCUT2D eigenvalue weighted by molar-refractivity contribution is 6.10. The highest BCUT2D eigenvalue weighted by Gasteiger charge is 2.41. The van der Waals surface area contributed by atoms with Gasteiger partial charge in [0.1, 0.15) is 0 Å². The summed E-state index contributed by atoms with van der Waals surface area (Å²) in [5.74, 6) is 2.24. The summed E-state index contributed by atoms with van der Waals surface area (Å²) in [6.07, 6.45) is 3.74. The minimum atomic E-state index is 0.159.